The number of ether oxygens (including phenoxy) is 1. The van der Waals surface area contributed by atoms with Crippen LogP contribution in [-0.4, -0.2) is 52.7 Å². The molecular formula is C31H37F3N4O3Si. The highest BCUT2D eigenvalue weighted by Gasteiger charge is 2.33. The Kier molecular flexibility index (Phi) is 8.35. The number of fused-ring (bicyclic) bond motifs is 3. The third kappa shape index (κ3) is 6.46. The minimum absolute atomic E-state index is 0.106. The van der Waals surface area contributed by atoms with Gasteiger partial charge in [-0.15, -0.1) is 0 Å². The lowest BCUT2D eigenvalue weighted by molar-refractivity contribution is -0.138. The molecule has 1 fully saturated rings. The number of carbonyl (C=O) groups excluding carboxylic acids is 1. The molecule has 0 radical (unpaired) electrons. The van der Waals surface area contributed by atoms with Crippen molar-refractivity contribution in [3.63, 3.8) is 0 Å². The van der Waals surface area contributed by atoms with E-state index >= 15 is 0 Å². The number of nitrogens with zero attached hydrogens (tertiary/aromatic N) is 4. The number of alkyl halides is 3. The molecule has 1 aliphatic heterocycles. The fraction of sp³-hybridized carbons (Fsp3) is 0.452. The van der Waals surface area contributed by atoms with Gasteiger partial charge in [-0.25, -0.2) is 4.98 Å². The number of carbonyl (C=O) groups is 1. The molecule has 1 aromatic carbocycles. The van der Waals surface area contributed by atoms with E-state index in [1.807, 2.05) is 16.8 Å². The van der Waals surface area contributed by atoms with Crippen molar-refractivity contribution < 1.29 is 22.7 Å². The highest BCUT2D eigenvalue weighted by Crippen LogP contribution is 2.33. The van der Waals surface area contributed by atoms with Gasteiger partial charge in [0.2, 0.25) is 5.91 Å². The Morgan fingerprint density at radius 1 is 1.12 bits per heavy atom. The van der Waals surface area contributed by atoms with Crippen LogP contribution < -0.4 is 5.43 Å². The summed E-state index contributed by atoms with van der Waals surface area (Å²) in [5, 5.41) is 1.33. The zero-order chi connectivity index (χ0) is 30.2. The number of benzene rings is 1. The fourth-order valence-corrected chi connectivity index (χ4v) is 6.36. The average molecular weight is 599 g/mol. The topological polar surface area (TPSA) is 69.4 Å². The van der Waals surface area contributed by atoms with Crippen LogP contribution in [0.3, 0.4) is 0 Å². The smallest absolute Gasteiger partial charge is 0.361 e. The van der Waals surface area contributed by atoms with Crippen molar-refractivity contribution in [3.05, 3.63) is 76.3 Å². The van der Waals surface area contributed by atoms with E-state index < -0.39 is 19.8 Å². The van der Waals surface area contributed by atoms with Gasteiger partial charge in [-0.2, -0.15) is 13.2 Å². The van der Waals surface area contributed by atoms with E-state index in [0.29, 0.717) is 37.4 Å². The highest BCUT2D eigenvalue weighted by molar-refractivity contribution is 6.76. The molecule has 0 bridgehead atoms. The Morgan fingerprint density at radius 3 is 2.64 bits per heavy atom. The minimum Gasteiger partial charge on any atom is -0.361 e. The van der Waals surface area contributed by atoms with Crippen molar-refractivity contribution >= 4 is 35.9 Å². The van der Waals surface area contributed by atoms with Gasteiger partial charge in [0.05, 0.1) is 28.9 Å². The van der Waals surface area contributed by atoms with Crippen molar-refractivity contribution in [3.8, 4) is 0 Å². The van der Waals surface area contributed by atoms with E-state index in [9.17, 15) is 22.8 Å². The summed E-state index contributed by atoms with van der Waals surface area (Å²) in [7, 11) is -1.22. The SMILES string of the molecule is C[C@@H]1CCN(C(=O)Cc2cccc(C(F)(F)F)c2)C[C@@H]1n1ccc(=O)c2cnc3c(ccn3COCC[Si](C)(C)C)c21. The molecule has 4 heterocycles. The molecule has 1 aliphatic rings. The van der Waals surface area contributed by atoms with Crippen molar-refractivity contribution in [1.29, 1.82) is 0 Å². The molecule has 4 aromatic rings. The van der Waals surface area contributed by atoms with E-state index in [-0.39, 0.29) is 29.7 Å². The Morgan fingerprint density at radius 2 is 1.90 bits per heavy atom. The molecule has 0 aliphatic carbocycles. The van der Waals surface area contributed by atoms with Crippen molar-refractivity contribution in [1.82, 2.24) is 19.0 Å². The van der Waals surface area contributed by atoms with Gasteiger partial charge < -0.3 is 18.8 Å². The van der Waals surface area contributed by atoms with Crippen molar-refractivity contribution in [2.45, 2.75) is 64.4 Å². The Labute approximate surface area is 243 Å². The minimum atomic E-state index is -4.46. The lowest BCUT2D eigenvalue weighted by Gasteiger charge is -2.39. The van der Waals surface area contributed by atoms with Gasteiger partial charge >= 0.3 is 6.18 Å². The maximum absolute atomic E-state index is 13.3. The zero-order valence-electron chi connectivity index (χ0n) is 24.4. The van der Waals surface area contributed by atoms with Crippen molar-refractivity contribution in [2.24, 2.45) is 5.92 Å². The van der Waals surface area contributed by atoms with E-state index in [0.717, 1.165) is 41.1 Å². The van der Waals surface area contributed by atoms with Crippen LogP contribution in [0.15, 0.2) is 59.8 Å². The molecule has 224 valence electrons. The molecule has 42 heavy (non-hydrogen) atoms. The molecule has 7 nitrogen and oxygen atoms in total. The summed E-state index contributed by atoms with van der Waals surface area (Å²) in [6.45, 7) is 11.0. The number of amides is 1. The number of rotatable bonds is 8. The summed E-state index contributed by atoms with van der Waals surface area (Å²) in [5.41, 5.74) is 0.924. The van der Waals surface area contributed by atoms with Gasteiger partial charge in [-0.1, -0.05) is 44.8 Å². The van der Waals surface area contributed by atoms with E-state index in [4.69, 9.17) is 4.74 Å². The number of piperidine rings is 1. The summed E-state index contributed by atoms with van der Waals surface area (Å²) in [6, 6.07) is 9.35. The first-order valence-electron chi connectivity index (χ1n) is 14.3. The largest absolute Gasteiger partial charge is 0.416 e. The Bertz CT molecular complexity index is 1660. The van der Waals surface area contributed by atoms with E-state index in [2.05, 4.69) is 36.1 Å². The Hall–Kier alpha value is -3.44. The van der Waals surface area contributed by atoms with Gasteiger partial charge in [0.1, 0.15) is 12.4 Å². The second-order valence-corrected chi connectivity index (χ2v) is 18.1. The van der Waals surface area contributed by atoms with Crippen LogP contribution in [0.25, 0.3) is 21.9 Å². The molecule has 2 atom stereocenters. The summed E-state index contributed by atoms with van der Waals surface area (Å²) in [5.74, 6) is -0.0199. The van der Waals surface area contributed by atoms with Crippen LogP contribution in [0.1, 0.15) is 30.5 Å². The molecule has 0 N–H and O–H groups in total. The van der Waals surface area contributed by atoms with E-state index in [1.54, 1.807) is 23.4 Å². The number of halogens is 3. The maximum Gasteiger partial charge on any atom is 0.416 e. The quantitative estimate of drug-likeness (QED) is 0.176. The second-order valence-electron chi connectivity index (χ2n) is 12.5. The predicted molar refractivity (Wildman–Crippen MR) is 160 cm³/mol. The lowest BCUT2D eigenvalue weighted by atomic mass is 9.92. The monoisotopic (exact) mass is 598 g/mol. The zero-order valence-corrected chi connectivity index (χ0v) is 25.4. The normalized spacial score (nSPS) is 18.2. The number of likely N-dealkylation sites (tertiary alicyclic amines) is 1. The summed E-state index contributed by atoms with van der Waals surface area (Å²) < 4.78 is 49.6. The van der Waals surface area contributed by atoms with Gasteiger partial charge in [-0.3, -0.25) is 9.59 Å². The van der Waals surface area contributed by atoms with Crippen molar-refractivity contribution in [2.75, 3.05) is 19.7 Å². The van der Waals surface area contributed by atoms with Crippen LogP contribution in [0.2, 0.25) is 25.7 Å². The van der Waals surface area contributed by atoms with Gasteiger partial charge in [0.15, 0.2) is 5.43 Å². The maximum atomic E-state index is 13.3. The third-order valence-electron chi connectivity index (χ3n) is 8.14. The molecule has 0 saturated carbocycles. The van der Waals surface area contributed by atoms with Gasteiger partial charge in [0, 0.05) is 57.8 Å². The Balaban J connectivity index is 1.42. The number of hydrogen-bond acceptors (Lipinski definition) is 4. The lowest BCUT2D eigenvalue weighted by Crippen LogP contribution is -2.44. The predicted octanol–water partition coefficient (Wildman–Crippen LogP) is 6.33. The number of pyridine rings is 2. The van der Waals surface area contributed by atoms with Crippen LogP contribution >= 0.6 is 0 Å². The molecule has 1 saturated heterocycles. The summed E-state index contributed by atoms with van der Waals surface area (Å²) >= 11 is 0. The van der Waals surface area contributed by atoms with Crippen LogP contribution in [0.5, 0.6) is 0 Å². The van der Waals surface area contributed by atoms with Crippen LogP contribution in [0, 0.1) is 5.92 Å². The van der Waals surface area contributed by atoms with E-state index in [1.165, 1.54) is 12.1 Å². The molecular weight excluding hydrogens is 561 g/mol. The van der Waals surface area contributed by atoms with Gasteiger partial charge in [-0.05, 0) is 36.1 Å². The first-order valence-corrected chi connectivity index (χ1v) is 18.0. The first-order chi connectivity index (χ1) is 19.8. The molecule has 0 unspecified atom stereocenters. The van der Waals surface area contributed by atoms with Gasteiger partial charge in [0.25, 0.3) is 0 Å². The standard InChI is InChI=1S/C31H37F3N4O3Si/c1-21-8-11-36(28(40)17-22-6-5-7-23(16-22)31(32,33)34)19-26(21)38-13-10-27(39)25-18-35-30-24(29(25)38)9-12-37(30)20-41-14-15-42(2,3)4/h5-7,9-10,12-13,16,18,21,26H,8,11,14-15,17,19-20H2,1-4H3/t21-,26+/m1/s1. The van der Waals surface area contributed by atoms with Crippen LogP contribution in [0.4, 0.5) is 13.2 Å². The van der Waals surface area contributed by atoms with Crippen LogP contribution in [-0.2, 0) is 28.9 Å². The number of aromatic nitrogens is 3. The molecule has 0 spiro atoms. The molecule has 11 heteroatoms. The third-order valence-corrected chi connectivity index (χ3v) is 9.84. The number of hydrogen-bond donors (Lipinski definition) is 0. The summed E-state index contributed by atoms with van der Waals surface area (Å²) in [6.07, 6.45) is 1.47. The molecule has 3 aromatic heterocycles. The average Bonchev–Trinajstić information content (AvgIpc) is 3.34. The second kappa shape index (κ2) is 11.7. The fourth-order valence-electron chi connectivity index (χ4n) is 5.60. The summed E-state index contributed by atoms with van der Waals surface area (Å²) in [4.78, 5) is 32.5. The molecule has 5 rings (SSSR count). The first kappa shape index (κ1) is 30.0. The highest BCUT2D eigenvalue weighted by atomic mass is 28.3. The molecule has 1 amide bonds.